The number of imidazole rings is 1. The second-order valence-electron chi connectivity index (χ2n) is 10.8. The summed E-state index contributed by atoms with van der Waals surface area (Å²) < 4.78 is 42.0. The van der Waals surface area contributed by atoms with Gasteiger partial charge in [-0.1, -0.05) is 71.7 Å². The molecule has 0 atom stereocenters. The SMILES string of the molecule is CC(C)(O)c1cn(-c2ccc(-c3ccc(C(=O)NCc4ccccc4)c(S(C)(=O)=O)c3)cc2Cl)c(-c2c(F)cccc2Cl)n1. The van der Waals surface area contributed by atoms with Crippen LogP contribution in [0.4, 0.5) is 4.39 Å². The van der Waals surface area contributed by atoms with E-state index in [9.17, 15) is 22.7 Å². The molecular formula is C33H28Cl2FN3O4S. The van der Waals surface area contributed by atoms with Gasteiger partial charge in [-0.2, -0.15) is 0 Å². The lowest BCUT2D eigenvalue weighted by atomic mass is 10.0. The first-order valence-corrected chi connectivity index (χ1v) is 16.1. The normalized spacial score (nSPS) is 11.9. The van der Waals surface area contributed by atoms with Crippen LogP contribution in [0.15, 0.2) is 96.0 Å². The molecule has 1 amide bonds. The lowest BCUT2D eigenvalue weighted by Crippen LogP contribution is -2.24. The maximum absolute atomic E-state index is 15.0. The Balaban J connectivity index is 1.54. The molecule has 0 bridgehead atoms. The summed E-state index contributed by atoms with van der Waals surface area (Å²) >= 11 is 13.1. The number of hydrogen-bond acceptors (Lipinski definition) is 5. The third-order valence-electron chi connectivity index (χ3n) is 6.98. The number of carbonyl (C=O) groups excluding carboxylic acids is 1. The number of aromatic nitrogens is 2. The minimum atomic E-state index is -3.79. The largest absolute Gasteiger partial charge is 0.384 e. The molecule has 5 rings (SSSR count). The Bertz CT molecular complexity index is 1970. The van der Waals surface area contributed by atoms with E-state index in [1.807, 2.05) is 30.3 Å². The van der Waals surface area contributed by atoms with Crippen molar-refractivity contribution in [2.75, 3.05) is 6.26 Å². The van der Waals surface area contributed by atoms with E-state index in [-0.39, 0.29) is 44.1 Å². The first kappa shape index (κ1) is 31.4. The quantitative estimate of drug-likeness (QED) is 0.185. The van der Waals surface area contributed by atoms with Gasteiger partial charge in [-0.3, -0.25) is 9.36 Å². The van der Waals surface area contributed by atoms with E-state index < -0.39 is 27.2 Å². The molecule has 0 fully saturated rings. The highest BCUT2D eigenvalue weighted by Crippen LogP contribution is 2.37. The molecule has 7 nitrogen and oxygen atoms in total. The van der Waals surface area contributed by atoms with Gasteiger partial charge in [-0.05, 0) is 66.9 Å². The average molecular weight is 653 g/mol. The Morgan fingerprint density at radius 3 is 2.27 bits per heavy atom. The van der Waals surface area contributed by atoms with Gasteiger partial charge >= 0.3 is 0 Å². The Morgan fingerprint density at radius 2 is 1.64 bits per heavy atom. The minimum absolute atomic E-state index is 0.0267. The van der Waals surface area contributed by atoms with Crippen LogP contribution in [0.2, 0.25) is 10.0 Å². The van der Waals surface area contributed by atoms with E-state index >= 15 is 0 Å². The number of carbonyl (C=O) groups is 1. The number of halogens is 3. The Kier molecular flexibility index (Phi) is 8.68. The fourth-order valence-electron chi connectivity index (χ4n) is 4.70. The Morgan fingerprint density at radius 1 is 0.955 bits per heavy atom. The molecule has 0 aliphatic rings. The number of amides is 1. The number of hydrogen-bond donors (Lipinski definition) is 2. The standard InChI is InChI=1S/C33H28Cl2FN3O4S/c1-33(2,41)29-19-39(31(38-29)30-24(34)10-7-11-26(30)36)27-15-13-21(16-25(27)35)22-12-14-23(28(17-22)44(3,42)43)32(40)37-18-20-8-5-4-6-9-20/h4-17,19,41H,18H2,1-3H3,(H,37,40). The van der Waals surface area contributed by atoms with Crippen molar-refractivity contribution in [2.45, 2.75) is 30.9 Å². The number of rotatable bonds is 8. The first-order valence-electron chi connectivity index (χ1n) is 13.5. The summed E-state index contributed by atoms with van der Waals surface area (Å²) in [6.07, 6.45) is 2.61. The summed E-state index contributed by atoms with van der Waals surface area (Å²) in [6.45, 7) is 3.36. The molecular weight excluding hydrogens is 624 g/mol. The Labute approximate surface area is 264 Å². The van der Waals surface area contributed by atoms with Gasteiger partial charge < -0.3 is 10.4 Å². The molecule has 226 valence electrons. The summed E-state index contributed by atoms with van der Waals surface area (Å²) in [6, 6.07) is 23.1. The third-order valence-corrected chi connectivity index (χ3v) is 8.74. The number of nitrogens with zero attached hydrogens (tertiary/aromatic N) is 2. The van der Waals surface area contributed by atoms with Crippen LogP contribution in [0.25, 0.3) is 28.2 Å². The molecule has 44 heavy (non-hydrogen) atoms. The van der Waals surface area contributed by atoms with E-state index in [4.69, 9.17) is 23.2 Å². The second-order valence-corrected chi connectivity index (χ2v) is 13.6. The van der Waals surface area contributed by atoms with Crippen LogP contribution in [-0.2, 0) is 22.0 Å². The highest BCUT2D eigenvalue weighted by Gasteiger charge is 2.26. The van der Waals surface area contributed by atoms with Crippen molar-refractivity contribution in [1.82, 2.24) is 14.9 Å². The van der Waals surface area contributed by atoms with Crippen molar-refractivity contribution < 1.29 is 22.7 Å². The summed E-state index contributed by atoms with van der Waals surface area (Å²) in [5.74, 6) is -0.970. The van der Waals surface area contributed by atoms with Gasteiger partial charge in [0.25, 0.3) is 5.91 Å². The van der Waals surface area contributed by atoms with E-state index in [0.717, 1.165) is 11.8 Å². The van der Waals surface area contributed by atoms with Crippen molar-refractivity contribution in [3.63, 3.8) is 0 Å². The maximum atomic E-state index is 15.0. The molecule has 1 aromatic heterocycles. The van der Waals surface area contributed by atoms with Crippen molar-refractivity contribution in [3.05, 3.63) is 124 Å². The average Bonchev–Trinajstić information content (AvgIpc) is 3.41. The summed E-state index contributed by atoms with van der Waals surface area (Å²) in [5.41, 5.74) is 1.39. The van der Waals surface area contributed by atoms with Crippen LogP contribution in [-0.4, -0.2) is 35.2 Å². The van der Waals surface area contributed by atoms with E-state index in [1.54, 1.807) is 54.9 Å². The molecule has 0 aliphatic heterocycles. The second kappa shape index (κ2) is 12.2. The molecule has 2 N–H and O–H groups in total. The van der Waals surface area contributed by atoms with Crippen LogP contribution in [0, 0.1) is 5.82 Å². The molecule has 5 aromatic rings. The topological polar surface area (TPSA) is 101 Å². The molecule has 11 heteroatoms. The molecule has 0 spiro atoms. The lowest BCUT2D eigenvalue weighted by Gasteiger charge is -2.14. The van der Waals surface area contributed by atoms with Crippen molar-refractivity contribution >= 4 is 38.9 Å². The van der Waals surface area contributed by atoms with Gasteiger partial charge in [-0.15, -0.1) is 0 Å². The lowest BCUT2D eigenvalue weighted by molar-refractivity contribution is 0.0743. The van der Waals surface area contributed by atoms with Crippen molar-refractivity contribution in [3.8, 4) is 28.2 Å². The van der Waals surface area contributed by atoms with Gasteiger partial charge in [0.15, 0.2) is 9.84 Å². The predicted molar refractivity (Wildman–Crippen MR) is 170 cm³/mol. The zero-order valence-electron chi connectivity index (χ0n) is 24.0. The van der Waals surface area contributed by atoms with Crippen LogP contribution in [0.1, 0.15) is 35.5 Å². The third kappa shape index (κ3) is 6.56. The van der Waals surface area contributed by atoms with Crippen LogP contribution < -0.4 is 5.32 Å². The first-order chi connectivity index (χ1) is 20.7. The smallest absolute Gasteiger partial charge is 0.252 e. The molecule has 1 heterocycles. The van der Waals surface area contributed by atoms with Gasteiger partial charge in [-0.25, -0.2) is 17.8 Å². The fraction of sp³-hybridized carbons (Fsp3) is 0.152. The van der Waals surface area contributed by atoms with Crippen LogP contribution >= 0.6 is 23.2 Å². The molecule has 0 saturated carbocycles. The van der Waals surface area contributed by atoms with E-state index in [2.05, 4.69) is 10.3 Å². The predicted octanol–water partition coefficient (Wildman–Crippen LogP) is 7.21. The monoisotopic (exact) mass is 651 g/mol. The Hall–Kier alpha value is -4.02. The van der Waals surface area contributed by atoms with E-state index in [0.29, 0.717) is 16.8 Å². The minimum Gasteiger partial charge on any atom is -0.384 e. The molecule has 0 radical (unpaired) electrons. The summed E-state index contributed by atoms with van der Waals surface area (Å²) in [5, 5.41) is 13.8. The highest BCUT2D eigenvalue weighted by molar-refractivity contribution is 7.90. The number of nitrogens with one attached hydrogen (secondary N) is 1. The summed E-state index contributed by atoms with van der Waals surface area (Å²) in [7, 11) is -3.79. The fourth-order valence-corrected chi connectivity index (χ4v) is 6.12. The zero-order chi connectivity index (χ0) is 31.8. The van der Waals surface area contributed by atoms with Gasteiger partial charge in [0.2, 0.25) is 0 Å². The van der Waals surface area contributed by atoms with Gasteiger partial charge in [0.05, 0.1) is 37.4 Å². The van der Waals surface area contributed by atoms with Crippen molar-refractivity contribution in [1.29, 1.82) is 0 Å². The van der Waals surface area contributed by atoms with Crippen LogP contribution in [0.5, 0.6) is 0 Å². The molecule has 4 aromatic carbocycles. The molecule has 0 aliphatic carbocycles. The van der Waals surface area contributed by atoms with Gasteiger partial charge in [0, 0.05) is 19.0 Å². The highest BCUT2D eigenvalue weighted by atomic mass is 35.5. The zero-order valence-corrected chi connectivity index (χ0v) is 26.3. The van der Waals surface area contributed by atoms with Crippen molar-refractivity contribution in [2.24, 2.45) is 0 Å². The number of aliphatic hydroxyl groups is 1. The summed E-state index contributed by atoms with van der Waals surface area (Å²) in [4.78, 5) is 17.4. The van der Waals surface area contributed by atoms with Gasteiger partial charge in [0.1, 0.15) is 17.2 Å². The van der Waals surface area contributed by atoms with E-state index in [1.165, 1.54) is 24.3 Å². The number of benzene rings is 4. The molecule has 0 unspecified atom stereocenters. The van der Waals surface area contributed by atoms with Crippen LogP contribution in [0.3, 0.4) is 0 Å². The maximum Gasteiger partial charge on any atom is 0.252 e. The number of sulfone groups is 1. The molecule has 0 saturated heterocycles.